The highest BCUT2D eigenvalue weighted by atomic mass is 35.5. The molecule has 0 radical (unpaired) electrons. The lowest BCUT2D eigenvalue weighted by Gasteiger charge is -2.39. The maximum absolute atomic E-state index is 14.4. The summed E-state index contributed by atoms with van der Waals surface area (Å²) in [5.74, 6) is -5.35. The number of carbonyl (C=O) groups is 2. The van der Waals surface area contributed by atoms with E-state index in [4.69, 9.17) is 16.3 Å². The first-order valence-corrected chi connectivity index (χ1v) is 13.8. The van der Waals surface area contributed by atoms with Gasteiger partial charge in [0.05, 0.1) is 24.3 Å². The third-order valence-corrected chi connectivity index (χ3v) is 7.71. The second-order valence-corrected chi connectivity index (χ2v) is 10.9. The number of hydrogen-bond donors (Lipinski definition) is 1. The summed E-state index contributed by atoms with van der Waals surface area (Å²) in [7, 11) is 0. The molecule has 2 unspecified atom stereocenters. The first-order chi connectivity index (χ1) is 20.5. The Labute approximate surface area is 249 Å². The maximum Gasteiger partial charge on any atom is 0.252 e. The Balaban J connectivity index is 1.43. The van der Waals surface area contributed by atoms with Gasteiger partial charge in [0.15, 0.2) is 0 Å². The van der Waals surface area contributed by atoms with E-state index in [0.717, 1.165) is 12.1 Å². The minimum atomic E-state index is -2.89. The van der Waals surface area contributed by atoms with E-state index < -0.39 is 61.2 Å². The molecule has 1 saturated heterocycles. The average Bonchev–Trinajstić information content (AvgIpc) is 3.31. The van der Waals surface area contributed by atoms with E-state index in [2.05, 4.69) is 10.3 Å². The van der Waals surface area contributed by atoms with Crippen molar-refractivity contribution in [3.05, 3.63) is 88.6 Å². The first kappa shape index (κ1) is 30.3. The molecule has 0 bridgehead atoms. The zero-order chi connectivity index (χ0) is 30.7. The molecule has 1 aliphatic heterocycles. The van der Waals surface area contributed by atoms with Crippen molar-refractivity contribution in [1.29, 1.82) is 5.26 Å². The molecule has 2 aromatic carbocycles. The molecule has 2 heterocycles. The van der Waals surface area contributed by atoms with E-state index in [0.29, 0.717) is 18.1 Å². The Morgan fingerprint density at radius 3 is 2.58 bits per heavy atom. The van der Waals surface area contributed by atoms with E-state index in [1.165, 1.54) is 34.2 Å². The highest BCUT2D eigenvalue weighted by molar-refractivity contribution is 6.31. The Kier molecular flexibility index (Phi) is 8.84. The molecule has 1 aromatic heterocycles. The van der Waals surface area contributed by atoms with Gasteiger partial charge in [-0.05, 0) is 36.8 Å². The summed E-state index contributed by atoms with van der Waals surface area (Å²) in [5, 5.41) is 12.0. The van der Waals surface area contributed by atoms with Gasteiger partial charge < -0.3 is 15.0 Å². The highest BCUT2D eigenvalue weighted by Gasteiger charge is 2.47. The van der Waals surface area contributed by atoms with E-state index in [1.807, 2.05) is 6.07 Å². The molecule has 0 spiro atoms. The molecule has 43 heavy (non-hydrogen) atoms. The number of amides is 2. The summed E-state index contributed by atoms with van der Waals surface area (Å²) < 4.78 is 61.9. The van der Waals surface area contributed by atoms with Crippen LogP contribution >= 0.6 is 11.6 Å². The molecule has 224 valence electrons. The number of aromatic nitrogens is 1. The van der Waals surface area contributed by atoms with Gasteiger partial charge in [-0.15, -0.1) is 0 Å². The van der Waals surface area contributed by atoms with E-state index >= 15 is 0 Å². The molecule has 1 saturated carbocycles. The summed E-state index contributed by atoms with van der Waals surface area (Å²) in [4.78, 5) is 33.3. The van der Waals surface area contributed by atoms with Crippen molar-refractivity contribution in [2.75, 3.05) is 23.1 Å². The fraction of sp³-hybridized carbons (Fsp3) is 0.333. The molecule has 1 N–H and O–H groups in total. The van der Waals surface area contributed by atoms with Crippen molar-refractivity contribution in [2.24, 2.45) is 0 Å². The van der Waals surface area contributed by atoms with Crippen LogP contribution in [0.5, 0.6) is 0 Å². The topological polar surface area (TPSA) is 98.6 Å². The van der Waals surface area contributed by atoms with Crippen LogP contribution in [-0.2, 0) is 14.3 Å². The van der Waals surface area contributed by atoms with Gasteiger partial charge >= 0.3 is 0 Å². The van der Waals surface area contributed by atoms with Crippen molar-refractivity contribution in [3.8, 4) is 6.07 Å². The van der Waals surface area contributed by atoms with E-state index in [9.17, 15) is 32.4 Å². The lowest BCUT2D eigenvalue weighted by Crippen LogP contribution is -2.53. The molecular weight excluding hydrogens is 590 g/mol. The molecule has 3 aromatic rings. The number of pyridine rings is 1. The molecule has 2 atom stereocenters. The first-order valence-electron chi connectivity index (χ1n) is 13.5. The lowest BCUT2D eigenvalue weighted by molar-refractivity contribution is -0.130. The number of halogens is 5. The predicted octanol–water partition coefficient (Wildman–Crippen LogP) is 5.52. The Hall–Kier alpha value is -4.21. The zero-order valence-electron chi connectivity index (χ0n) is 22.7. The minimum Gasteiger partial charge on any atom is -0.359 e. The number of nitriles is 1. The summed E-state index contributed by atoms with van der Waals surface area (Å²) in [6.07, 6.45) is 0.970. The van der Waals surface area contributed by atoms with Gasteiger partial charge in [-0.25, -0.2) is 22.5 Å². The monoisotopic (exact) mass is 615 g/mol. The largest absolute Gasteiger partial charge is 0.359 e. The fourth-order valence-corrected chi connectivity index (χ4v) is 5.56. The Morgan fingerprint density at radius 1 is 1.19 bits per heavy atom. The van der Waals surface area contributed by atoms with Crippen LogP contribution < -0.4 is 15.1 Å². The zero-order valence-corrected chi connectivity index (χ0v) is 23.4. The van der Waals surface area contributed by atoms with Crippen molar-refractivity contribution >= 4 is 34.9 Å². The molecule has 8 nitrogen and oxygen atoms in total. The number of ether oxygens (including phenoxy) is 1. The van der Waals surface area contributed by atoms with Crippen LogP contribution in [0.4, 0.5) is 29.1 Å². The van der Waals surface area contributed by atoms with Gasteiger partial charge in [0.25, 0.3) is 5.92 Å². The van der Waals surface area contributed by atoms with Gasteiger partial charge in [0.1, 0.15) is 30.2 Å². The number of nitrogens with zero attached hydrogens (tertiary/aromatic N) is 4. The van der Waals surface area contributed by atoms with Crippen LogP contribution in [0.15, 0.2) is 60.8 Å². The third kappa shape index (κ3) is 6.89. The number of nitrogens with one attached hydrogen (secondary N) is 1. The molecule has 2 aliphatic rings. The standard InChI is InChI=1S/C30H26ClF4N5O3/c31-25-4-2-1-3-24(25)28(29(42)38-21-13-30(34,35)14-21)39(23-11-19(32)10-20(33)12-23)17-43-16-22-5-6-27(41)40(22)26-9-18(15-36)7-8-37-26/h1-4,7-12,21-22,28H,5-6,13-14,16-17H2,(H,38,42). The fourth-order valence-electron chi connectivity index (χ4n) is 5.32. The number of alkyl halides is 2. The summed E-state index contributed by atoms with van der Waals surface area (Å²) >= 11 is 6.46. The predicted molar refractivity (Wildman–Crippen MR) is 149 cm³/mol. The number of hydrogen-bond acceptors (Lipinski definition) is 6. The number of benzene rings is 2. The molecule has 1 aliphatic carbocycles. The van der Waals surface area contributed by atoms with Gasteiger partial charge in [-0.1, -0.05) is 29.8 Å². The highest BCUT2D eigenvalue weighted by Crippen LogP contribution is 2.39. The van der Waals surface area contributed by atoms with Crippen molar-refractivity contribution < 1.29 is 31.9 Å². The van der Waals surface area contributed by atoms with Crippen LogP contribution in [-0.4, -0.2) is 48.1 Å². The number of anilines is 2. The van der Waals surface area contributed by atoms with Crippen LogP contribution in [0.1, 0.15) is 42.9 Å². The summed E-state index contributed by atoms with van der Waals surface area (Å²) in [5.41, 5.74) is 0.525. The quantitative estimate of drug-likeness (QED) is 0.238. The summed E-state index contributed by atoms with van der Waals surface area (Å²) in [6, 6.07) is 11.5. The van der Waals surface area contributed by atoms with E-state index in [-0.39, 0.29) is 41.0 Å². The summed E-state index contributed by atoms with van der Waals surface area (Å²) in [6.45, 7) is -0.443. The number of carbonyl (C=O) groups excluding carboxylic acids is 2. The van der Waals surface area contributed by atoms with E-state index in [1.54, 1.807) is 18.2 Å². The van der Waals surface area contributed by atoms with Crippen LogP contribution in [0.2, 0.25) is 5.02 Å². The van der Waals surface area contributed by atoms with Crippen molar-refractivity contribution in [1.82, 2.24) is 10.3 Å². The normalized spacial score (nSPS) is 18.6. The van der Waals surface area contributed by atoms with Gasteiger partial charge in [0, 0.05) is 53.8 Å². The third-order valence-electron chi connectivity index (χ3n) is 7.36. The van der Waals surface area contributed by atoms with Gasteiger partial charge in [-0.2, -0.15) is 5.26 Å². The second kappa shape index (κ2) is 12.6. The SMILES string of the molecule is N#Cc1ccnc(N2C(=O)CCC2COCN(c2cc(F)cc(F)c2)C(C(=O)NC2CC(F)(F)C2)c2ccccc2Cl)c1. The molecule has 13 heteroatoms. The number of rotatable bonds is 10. The van der Waals surface area contributed by atoms with Crippen molar-refractivity contribution in [2.45, 2.75) is 49.7 Å². The molecule has 5 rings (SSSR count). The molecule has 2 fully saturated rings. The lowest BCUT2D eigenvalue weighted by atomic mass is 9.87. The van der Waals surface area contributed by atoms with Gasteiger partial charge in [0.2, 0.25) is 11.8 Å². The minimum absolute atomic E-state index is 0.0514. The van der Waals surface area contributed by atoms with Crippen molar-refractivity contribution in [3.63, 3.8) is 0 Å². The smallest absolute Gasteiger partial charge is 0.252 e. The molecular formula is C30H26ClF4N5O3. The van der Waals surface area contributed by atoms with Crippen LogP contribution in [0.25, 0.3) is 0 Å². The van der Waals surface area contributed by atoms with Crippen LogP contribution in [0.3, 0.4) is 0 Å². The van der Waals surface area contributed by atoms with Gasteiger partial charge in [-0.3, -0.25) is 14.5 Å². The Morgan fingerprint density at radius 2 is 1.91 bits per heavy atom. The molecule has 2 amide bonds. The Bertz CT molecular complexity index is 1540. The second-order valence-electron chi connectivity index (χ2n) is 10.5. The average molecular weight is 616 g/mol. The van der Waals surface area contributed by atoms with Crippen LogP contribution in [0, 0.1) is 23.0 Å². The maximum atomic E-state index is 14.4.